The van der Waals surface area contributed by atoms with Crippen molar-refractivity contribution in [3.05, 3.63) is 16.6 Å². The van der Waals surface area contributed by atoms with E-state index in [4.69, 9.17) is 5.26 Å². The minimum atomic E-state index is -0.773. The van der Waals surface area contributed by atoms with E-state index in [-0.39, 0.29) is 11.9 Å². The summed E-state index contributed by atoms with van der Waals surface area (Å²) in [4.78, 5) is 16.3. The van der Waals surface area contributed by atoms with Gasteiger partial charge in [0, 0.05) is 11.6 Å². The lowest BCUT2D eigenvalue weighted by Gasteiger charge is -2.34. The van der Waals surface area contributed by atoms with Crippen molar-refractivity contribution in [2.24, 2.45) is 5.41 Å². The molecule has 0 aliphatic heterocycles. The van der Waals surface area contributed by atoms with Gasteiger partial charge in [0.15, 0.2) is 0 Å². The first-order chi connectivity index (χ1) is 8.22. The molecule has 1 amide bonds. The number of carbonyl (C=O) groups excluding carboxylic acids is 1. The van der Waals surface area contributed by atoms with E-state index in [0.29, 0.717) is 12.8 Å². The van der Waals surface area contributed by atoms with E-state index in [1.54, 1.807) is 6.20 Å². The van der Waals surface area contributed by atoms with Crippen molar-refractivity contribution in [1.82, 2.24) is 10.3 Å². The standard InChI is InChI=1S/C12H15N3OS/c1-2-9(10-14-6-7-17-10)15-11(16)12(8-13)4-3-5-12/h6-7,9H,2-5H2,1H3,(H,15,16). The second-order valence-electron chi connectivity index (χ2n) is 4.35. The lowest BCUT2D eigenvalue weighted by molar-refractivity contribution is -0.132. The summed E-state index contributed by atoms with van der Waals surface area (Å²) in [6.45, 7) is 2.01. The summed E-state index contributed by atoms with van der Waals surface area (Å²) >= 11 is 1.53. The molecule has 1 aliphatic carbocycles. The fraction of sp³-hybridized carbons (Fsp3) is 0.583. The van der Waals surface area contributed by atoms with E-state index in [1.165, 1.54) is 11.3 Å². The number of rotatable bonds is 4. The van der Waals surface area contributed by atoms with Gasteiger partial charge in [0.25, 0.3) is 0 Å². The van der Waals surface area contributed by atoms with Crippen LogP contribution in [0.5, 0.6) is 0 Å². The predicted molar refractivity (Wildman–Crippen MR) is 65.2 cm³/mol. The van der Waals surface area contributed by atoms with Gasteiger partial charge in [-0.1, -0.05) is 6.92 Å². The van der Waals surface area contributed by atoms with Crippen LogP contribution in [0.4, 0.5) is 0 Å². The van der Waals surface area contributed by atoms with Crippen LogP contribution in [0.15, 0.2) is 11.6 Å². The lowest BCUT2D eigenvalue weighted by Crippen LogP contribution is -2.45. The molecule has 2 rings (SSSR count). The van der Waals surface area contributed by atoms with Gasteiger partial charge < -0.3 is 5.32 Å². The molecule has 1 unspecified atom stereocenters. The van der Waals surface area contributed by atoms with Crippen LogP contribution in [-0.4, -0.2) is 10.9 Å². The van der Waals surface area contributed by atoms with Crippen molar-refractivity contribution in [3.63, 3.8) is 0 Å². The number of carbonyl (C=O) groups is 1. The smallest absolute Gasteiger partial charge is 0.241 e. The Hall–Kier alpha value is -1.41. The van der Waals surface area contributed by atoms with Crippen LogP contribution in [0.3, 0.4) is 0 Å². The molecule has 1 aliphatic rings. The highest BCUT2D eigenvalue weighted by molar-refractivity contribution is 7.09. The summed E-state index contributed by atoms with van der Waals surface area (Å²) in [5.41, 5.74) is -0.773. The summed E-state index contributed by atoms with van der Waals surface area (Å²) < 4.78 is 0. The van der Waals surface area contributed by atoms with Crippen LogP contribution in [0, 0.1) is 16.7 Å². The molecule has 1 saturated carbocycles. The number of aromatic nitrogens is 1. The van der Waals surface area contributed by atoms with Crippen molar-refractivity contribution >= 4 is 17.2 Å². The second kappa shape index (κ2) is 4.84. The van der Waals surface area contributed by atoms with Crippen molar-refractivity contribution in [1.29, 1.82) is 5.26 Å². The molecule has 1 aromatic rings. The number of thiazole rings is 1. The molecule has 0 saturated heterocycles. The van der Waals surface area contributed by atoms with Gasteiger partial charge in [0.1, 0.15) is 10.4 Å². The zero-order valence-corrected chi connectivity index (χ0v) is 10.6. The Morgan fingerprint density at radius 3 is 2.94 bits per heavy atom. The Bertz CT molecular complexity index is 431. The van der Waals surface area contributed by atoms with Crippen molar-refractivity contribution in [2.75, 3.05) is 0 Å². The molecule has 4 nitrogen and oxygen atoms in total. The number of nitriles is 1. The molecular weight excluding hydrogens is 234 g/mol. The minimum absolute atomic E-state index is 0.0617. The Morgan fingerprint density at radius 1 is 1.76 bits per heavy atom. The Labute approximate surface area is 105 Å². The molecule has 1 aromatic heterocycles. The maximum Gasteiger partial charge on any atom is 0.241 e. The van der Waals surface area contributed by atoms with Crippen LogP contribution in [0.25, 0.3) is 0 Å². The van der Waals surface area contributed by atoms with Crippen LogP contribution < -0.4 is 5.32 Å². The molecule has 0 spiro atoms. The monoisotopic (exact) mass is 249 g/mol. The van der Waals surface area contributed by atoms with Gasteiger partial charge >= 0.3 is 0 Å². The third-order valence-corrected chi connectivity index (χ3v) is 4.21. The van der Waals surface area contributed by atoms with Crippen LogP contribution in [0.2, 0.25) is 0 Å². The maximum absolute atomic E-state index is 12.1. The quantitative estimate of drug-likeness (QED) is 0.891. The highest BCUT2D eigenvalue weighted by Crippen LogP contribution is 2.41. The zero-order valence-electron chi connectivity index (χ0n) is 9.77. The van der Waals surface area contributed by atoms with Crippen LogP contribution in [-0.2, 0) is 4.79 Å². The van der Waals surface area contributed by atoms with Gasteiger partial charge in [-0.3, -0.25) is 4.79 Å². The second-order valence-corrected chi connectivity index (χ2v) is 5.28. The summed E-state index contributed by atoms with van der Waals surface area (Å²) in [6, 6.07) is 2.10. The molecular formula is C12H15N3OS. The number of hydrogen-bond acceptors (Lipinski definition) is 4. The van der Waals surface area contributed by atoms with Gasteiger partial charge in [-0.05, 0) is 25.7 Å². The minimum Gasteiger partial charge on any atom is -0.345 e. The molecule has 5 heteroatoms. The van der Waals surface area contributed by atoms with E-state index >= 15 is 0 Å². The molecule has 0 aromatic carbocycles. The SMILES string of the molecule is CCC(NC(=O)C1(C#N)CCC1)c1nccs1. The Balaban J connectivity index is 2.05. The molecule has 1 fully saturated rings. The summed E-state index contributed by atoms with van der Waals surface area (Å²) in [6.07, 6.45) is 4.86. The average molecular weight is 249 g/mol. The molecule has 90 valence electrons. The third kappa shape index (κ3) is 2.18. The van der Waals surface area contributed by atoms with Gasteiger partial charge in [0.2, 0.25) is 5.91 Å². The fourth-order valence-corrected chi connectivity index (χ4v) is 2.73. The highest BCUT2D eigenvalue weighted by Gasteiger charge is 2.45. The molecule has 0 radical (unpaired) electrons. The number of nitrogens with zero attached hydrogens (tertiary/aromatic N) is 2. The number of hydrogen-bond donors (Lipinski definition) is 1. The van der Waals surface area contributed by atoms with E-state index in [2.05, 4.69) is 16.4 Å². The molecule has 1 atom stereocenters. The first kappa shape index (κ1) is 12.1. The van der Waals surface area contributed by atoms with E-state index in [1.807, 2.05) is 12.3 Å². The number of nitrogens with one attached hydrogen (secondary N) is 1. The summed E-state index contributed by atoms with van der Waals surface area (Å²) in [7, 11) is 0. The van der Waals surface area contributed by atoms with E-state index in [9.17, 15) is 4.79 Å². The van der Waals surface area contributed by atoms with Gasteiger partial charge in [-0.15, -0.1) is 11.3 Å². The number of amides is 1. The fourth-order valence-electron chi connectivity index (χ4n) is 1.96. The highest BCUT2D eigenvalue weighted by atomic mass is 32.1. The summed E-state index contributed by atoms with van der Waals surface area (Å²) in [5, 5.41) is 14.9. The van der Waals surface area contributed by atoms with E-state index < -0.39 is 5.41 Å². The molecule has 17 heavy (non-hydrogen) atoms. The maximum atomic E-state index is 12.1. The predicted octanol–water partition coefficient (Wildman–Crippen LogP) is 2.40. The van der Waals surface area contributed by atoms with Crippen molar-refractivity contribution < 1.29 is 4.79 Å². The van der Waals surface area contributed by atoms with Crippen molar-refractivity contribution in [2.45, 2.75) is 38.6 Å². The lowest BCUT2D eigenvalue weighted by atomic mass is 9.69. The van der Waals surface area contributed by atoms with Crippen molar-refractivity contribution in [3.8, 4) is 6.07 Å². The van der Waals surface area contributed by atoms with E-state index in [0.717, 1.165) is 17.8 Å². The molecule has 1 N–H and O–H groups in total. The largest absolute Gasteiger partial charge is 0.345 e. The van der Waals surface area contributed by atoms with Gasteiger partial charge in [0.05, 0.1) is 12.1 Å². The van der Waals surface area contributed by atoms with Crippen LogP contribution >= 0.6 is 11.3 Å². The normalized spacial score (nSPS) is 18.8. The Kier molecular flexibility index (Phi) is 3.43. The molecule has 1 heterocycles. The average Bonchev–Trinajstić information content (AvgIpc) is 2.78. The van der Waals surface area contributed by atoms with Crippen LogP contribution in [0.1, 0.15) is 43.7 Å². The summed E-state index contributed by atoms with van der Waals surface area (Å²) in [5.74, 6) is -0.131. The molecule has 0 bridgehead atoms. The Morgan fingerprint density at radius 2 is 2.53 bits per heavy atom. The first-order valence-corrected chi connectivity index (χ1v) is 6.71. The van der Waals surface area contributed by atoms with Gasteiger partial charge in [-0.25, -0.2) is 4.98 Å². The van der Waals surface area contributed by atoms with Gasteiger partial charge in [-0.2, -0.15) is 5.26 Å². The topological polar surface area (TPSA) is 65.8 Å². The zero-order chi connectivity index (χ0) is 12.3. The first-order valence-electron chi connectivity index (χ1n) is 5.83. The third-order valence-electron chi connectivity index (χ3n) is 3.32.